The van der Waals surface area contributed by atoms with E-state index in [1.165, 1.54) is 0 Å². The molecule has 5 nitrogen and oxygen atoms in total. The van der Waals surface area contributed by atoms with Crippen LogP contribution in [0.4, 0.5) is 0 Å². The molecule has 2 aromatic rings. The summed E-state index contributed by atoms with van der Waals surface area (Å²) in [5.74, 6) is 1.22. The number of aromatic amines is 1. The first-order valence-electron chi connectivity index (χ1n) is 6.16. The monoisotopic (exact) mass is 242 g/mol. The Balaban J connectivity index is 2.14. The maximum Gasteiger partial charge on any atom is 0.254 e. The van der Waals surface area contributed by atoms with Crippen molar-refractivity contribution in [2.45, 2.75) is 32.6 Å². The van der Waals surface area contributed by atoms with Crippen LogP contribution in [0, 0.1) is 6.92 Å². The highest BCUT2D eigenvalue weighted by Gasteiger charge is 2.16. The number of H-pyrrole nitrogens is 1. The van der Waals surface area contributed by atoms with Gasteiger partial charge in [0.05, 0.1) is 5.69 Å². The van der Waals surface area contributed by atoms with Crippen molar-refractivity contribution < 1.29 is 0 Å². The van der Waals surface area contributed by atoms with Crippen molar-refractivity contribution in [2.24, 2.45) is 0 Å². The molecule has 2 heterocycles. The zero-order valence-corrected chi connectivity index (χ0v) is 10.2. The van der Waals surface area contributed by atoms with Crippen LogP contribution in [0.3, 0.4) is 0 Å². The number of rotatable bonds is 1. The van der Waals surface area contributed by atoms with Crippen LogP contribution in [-0.2, 0) is 12.8 Å². The summed E-state index contributed by atoms with van der Waals surface area (Å²) in [5, 5.41) is 0. The van der Waals surface area contributed by atoms with E-state index in [-0.39, 0.29) is 5.56 Å². The minimum atomic E-state index is -0.0223. The third-order valence-corrected chi connectivity index (χ3v) is 3.21. The molecule has 1 N–H and O–H groups in total. The minimum Gasteiger partial charge on any atom is -0.305 e. The van der Waals surface area contributed by atoms with Crippen molar-refractivity contribution in [3.8, 4) is 11.5 Å². The van der Waals surface area contributed by atoms with Crippen LogP contribution in [0.5, 0.6) is 0 Å². The molecule has 0 saturated heterocycles. The van der Waals surface area contributed by atoms with Crippen molar-refractivity contribution in [3.05, 3.63) is 39.7 Å². The number of aromatic nitrogens is 4. The second-order valence-corrected chi connectivity index (χ2v) is 4.54. The van der Waals surface area contributed by atoms with Gasteiger partial charge in [-0.05, 0) is 38.7 Å². The summed E-state index contributed by atoms with van der Waals surface area (Å²) in [6, 6.07) is 1.76. The Hall–Kier alpha value is -2.04. The van der Waals surface area contributed by atoms with E-state index in [1.807, 2.05) is 6.92 Å². The molecule has 1 aliphatic carbocycles. The summed E-state index contributed by atoms with van der Waals surface area (Å²) < 4.78 is 0. The Morgan fingerprint density at radius 3 is 2.89 bits per heavy atom. The summed E-state index contributed by atoms with van der Waals surface area (Å²) in [4.78, 5) is 27.7. The Labute approximate surface area is 104 Å². The Morgan fingerprint density at radius 1 is 1.22 bits per heavy atom. The van der Waals surface area contributed by atoms with Crippen LogP contribution in [0.25, 0.3) is 11.5 Å². The normalized spacial score (nSPS) is 14.3. The third kappa shape index (κ3) is 1.92. The fourth-order valence-electron chi connectivity index (χ4n) is 2.31. The van der Waals surface area contributed by atoms with E-state index < -0.39 is 0 Å². The molecule has 0 atom stereocenters. The van der Waals surface area contributed by atoms with Crippen molar-refractivity contribution >= 4 is 0 Å². The van der Waals surface area contributed by atoms with Gasteiger partial charge in [0.1, 0.15) is 11.5 Å². The van der Waals surface area contributed by atoms with Gasteiger partial charge in [0.15, 0.2) is 5.82 Å². The van der Waals surface area contributed by atoms with Gasteiger partial charge in [-0.2, -0.15) is 0 Å². The van der Waals surface area contributed by atoms with Crippen LogP contribution in [0.2, 0.25) is 0 Å². The van der Waals surface area contributed by atoms with E-state index >= 15 is 0 Å². The number of fused-ring (bicyclic) bond motifs is 1. The molecule has 1 aliphatic rings. The fraction of sp³-hybridized carbons (Fsp3) is 0.385. The van der Waals surface area contributed by atoms with Crippen LogP contribution < -0.4 is 5.56 Å². The van der Waals surface area contributed by atoms with Gasteiger partial charge < -0.3 is 4.98 Å². The van der Waals surface area contributed by atoms with Gasteiger partial charge >= 0.3 is 0 Å². The summed E-state index contributed by atoms with van der Waals surface area (Å²) in [7, 11) is 0. The van der Waals surface area contributed by atoms with E-state index in [2.05, 4.69) is 19.9 Å². The third-order valence-electron chi connectivity index (χ3n) is 3.21. The second kappa shape index (κ2) is 4.33. The molecule has 92 valence electrons. The lowest BCUT2D eigenvalue weighted by atomic mass is 9.97. The van der Waals surface area contributed by atoms with E-state index in [0.717, 1.165) is 36.9 Å². The molecule has 0 amide bonds. The predicted octanol–water partition coefficient (Wildman–Crippen LogP) is 1.41. The van der Waals surface area contributed by atoms with Gasteiger partial charge in [-0.15, -0.1) is 0 Å². The highest BCUT2D eigenvalue weighted by molar-refractivity contribution is 5.48. The lowest BCUT2D eigenvalue weighted by molar-refractivity contribution is 0.657. The topological polar surface area (TPSA) is 71.5 Å². The SMILES string of the molecule is Cc1nccc(-c2nc3c(c(=O)[nH]2)CCCC3)n1. The summed E-state index contributed by atoms with van der Waals surface area (Å²) >= 11 is 0. The van der Waals surface area contributed by atoms with E-state index in [9.17, 15) is 4.79 Å². The lowest BCUT2D eigenvalue weighted by Crippen LogP contribution is -2.21. The molecule has 0 bridgehead atoms. The molecule has 0 radical (unpaired) electrons. The molecule has 0 fully saturated rings. The van der Waals surface area contributed by atoms with E-state index in [4.69, 9.17) is 0 Å². The summed E-state index contributed by atoms with van der Waals surface area (Å²) in [6.45, 7) is 1.82. The van der Waals surface area contributed by atoms with Crippen molar-refractivity contribution in [2.75, 3.05) is 0 Å². The molecule has 2 aromatic heterocycles. The first-order chi connectivity index (χ1) is 8.74. The van der Waals surface area contributed by atoms with Crippen LogP contribution in [0.15, 0.2) is 17.1 Å². The van der Waals surface area contributed by atoms with Crippen molar-refractivity contribution in [1.82, 2.24) is 19.9 Å². The molecular formula is C13H14N4O. The van der Waals surface area contributed by atoms with Crippen LogP contribution >= 0.6 is 0 Å². The smallest absolute Gasteiger partial charge is 0.254 e. The fourth-order valence-corrected chi connectivity index (χ4v) is 2.31. The molecule has 0 aliphatic heterocycles. The number of hydrogen-bond acceptors (Lipinski definition) is 4. The predicted molar refractivity (Wildman–Crippen MR) is 67.3 cm³/mol. The number of nitrogens with one attached hydrogen (secondary N) is 1. The standard InChI is InChI=1S/C13H14N4O/c1-8-14-7-6-11(15-8)12-16-10-5-3-2-4-9(10)13(18)17-12/h6-7H,2-5H2,1H3,(H,16,17,18). The molecule has 0 spiro atoms. The highest BCUT2D eigenvalue weighted by atomic mass is 16.1. The summed E-state index contributed by atoms with van der Waals surface area (Å²) in [5.41, 5.74) is 2.42. The zero-order chi connectivity index (χ0) is 12.5. The van der Waals surface area contributed by atoms with Gasteiger partial charge in [-0.3, -0.25) is 4.79 Å². The average Bonchev–Trinajstić information content (AvgIpc) is 2.39. The molecule has 0 unspecified atom stereocenters. The molecule has 3 rings (SSSR count). The first-order valence-corrected chi connectivity index (χ1v) is 6.16. The van der Waals surface area contributed by atoms with Crippen molar-refractivity contribution in [1.29, 1.82) is 0 Å². The van der Waals surface area contributed by atoms with Crippen LogP contribution in [-0.4, -0.2) is 19.9 Å². The minimum absolute atomic E-state index is 0.0223. The van der Waals surface area contributed by atoms with Gasteiger partial charge in [0.2, 0.25) is 0 Å². The first kappa shape index (κ1) is 11.1. The van der Waals surface area contributed by atoms with Crippen LogP contribution in [0.1, 0.15) is 29.9 Å². The lowest BCUT2D eigenvalue weighted by Gasteiger charge is -2.14. The summed E-state index contributed by atoms with van der Waals surface area (Å²) in [6.07, 6.45) is 5.57. The van der Waals surface area contributed by atoms with Gasteiger partial charge in [-0.1, -0.05) is 0 Å². The van der Waals surface area contributed by atoms with E-state index in [1.54, 1.807) is 12.3 Å². The molecular weight excluding hydrogens is 228 g/mol. The molecule has 0 saturated carbocycles. The largest absolute Gasteiger partial charge is 0.305 e. The highest BCUT2D eigenvalue weighted by Crippen LogP contribution is 2.18. The number of hydrogen-bond donors (Lipinski definition) is 1. The Bertz CT molecular complexity index is 648. The zero-order valence-electron chi connectivity index (χ0n) is 10.2. The van der Waals surface area contributed by atoms with Gasteiger partial charge in [0.25, 0.3) is 5.56 Å². The number of nitrogens with zero attached hydrogens (tertiary/aromatic N) is 3. The Kier molecular flexibility index (Phi) is 2.66. The molecule has 18 heavy (non-hydrogen) atoms. The molecule has 0 aromatic carbocycles. The van der Waals surface area contributed by atoms with Gasteiger partial charge in [-0.25, -0.2) is 15.0 Å². The Morgan fingerprint density at radius 2 is 2.06 bits per heavy atom. The quantitative estimate of drug-likeness (QED) is 0.820. The average molecular weight is 242 g/mol. The van der Waals surface area contributed by atoms with Gasteiger partial charge in [0, 0.05) is 11.8 Å². The van der Waals surface area contributed by atoms with E-state index in [0.29, 0.717) is 17.3 Å². The van der Waals surface area contributed by atoms with Crippen molar-refractivity contribution in [3.63, 3.8) is 0 Å². The molecule has 5 heteroatoms. The maximum absolute atomic E-state index is 12.0. The maximum atomic E-state index is 12.0. The number of aryl methyl sites for hydroxylation is 2. The second-order valence-electron chi connectivity index (χ2n) is 4.54.